The Hall–Kier alpha value is -2.81. The fourth-order valence-corrected chi connectivity index (χ4v) is 3.36. The van der Waals surface area contributed by atoms with Crippen LogP contribution >= 0.6 is 0 Å². The van der Waals surface area contributed by atoms with Crippen LogP contribution < -0.4 is 10.6 Å². The Morgan fingerprint density at radius 3 is 2.86 bits per heavy atom. The summed E-state index contributed by atoms with van der Waals surface area (Å²) in [5.41, 5.74) is 0.522. The van der Waals surface area contributed by atoms with E-state index in [1.54, 1.807) is 0 Å². The first-order chi connectivity index (χ1) is 14.0. The van der Waals surface area contributed by atoms with E-state index in [1.165, 1.54) is 41.7 Å². The molecular formula is C20H25F2N5O2. The summed E-state index contributed by atoms with van der Waals surface area (Å²) in [6.45, 7) is 2.70. The predicted molar refractivity (Wildman–Crippen MR) is 106 cm³/mol. The second-order valence-electron chi connectivity index (χ2n) is 7.19. The fraction of sp³-hybridized carbons (Fsp3) is 0.450. The van der Waals surface area contributed by atoms with Gasteiger partial charge in [0.25, 0.3) is 5.91 Å². The van der Waals surface area contributed by atoms with Crippen LogP contribution in [-0.4, -0.2) is 52.3 Å². The van der Waals surface area contributed by atoms with Gasteiger partial charge in [-0.3, -0.25) is 19.2 Å². The average molecular weight is 405 g/mol. The smallest absolute Gasteiger partial charge is 0.258 e. The zero-order valence-corrected chi connectivity index (χ0v) is 16.3. The van der Waals surface area contributed by atoms with Gasteiger partial charge >= 0.3 is 0 Å². The van der Waals surface area contributed by atoms with Crippen molar-refractivity contribution in [2.45, 2.75) is 38.8 Å². The van der Waals surface area contributed by atoms with E-state index < -0.39 is 18.4 Å². The number of carbonyl (C=O) groups is 2. The van der Waals surface area contributed by atoms with Crippen molar-refractivity contribution in [3.8, 4) is 0 Å². The summed E-state index contributed by atoms with van der Waals surface area (Å²) in [4.78, 5) is 26.8. The van der Waals surface area contributed by atoms with E-state index in [0.717, 1.165) is 19.4 Å². The number of carbonyl (C=O) groups excluding carboxylic acids is 2. The number of rotatable bonds is 7. The molecule has 1 atom stereocenters. The first kappa shape index (κ1) is 20.9. The van der Waals surface area contributed by atoms with Gasteiger partial charge in [0.15, 0.2) is 0 Å². The third kappa shape index (κ3) is 5.60. The molecule has 0 aliphatic carbocycles. The van der Waals surface area contributed by atoms with Crippen molar-refractivity contribution < 1.29 is 18.4 Å². The van der Waals surface area contributed by atoms with Crippen molar-refractivity contribution in [1.82, 2.24) is 14.7 Å². The van der Waals surface area contributed by atoms with E-state index >= 15 is 0 Å². The molecule has 29 heavy (non-hydrogen) atoms. The van der Waals surface area contributed by atoms with E-state index in [0.29, 0.717) is 11.7 Å². The quantitative estimate of drug-likeness (QED) is 0.742. The number of amides is 2. The second-order valence-corrected chi connectivity index (χ2v) is 7.19. The highest BCUT2D eigenvalue weighted by molar-refractivity contribution is 6.04. The molecule has 2 amide bonds. The van der Waals surface area contributed by atoms with Crippen LogP contribution in [0.2, 0.25) is 0 Å². The molecule has 1 aliphatic heterocycles. The Morgan fingerprint density at radius 1 is 1.28 bits per heavy atom. The third-order valence-corrected chi connectivity index (χ3v) is 4.99. The topological polar surface area (TPSA) is 79.3 Å². The number of aryl methyl sites for hydroxylation is 1. The molecule has 2 heterocycles. The molecule has 0 radical (unpaired) electrons. The summed E-state index contributed by atoms with van der Waals surface area (Å²) in [6.07, 6.45) is 5.99. The van der Waals surface area contributed by atoms with Crippen molar-refractivity contribution >= 4 is 23.2 Å². The van der Waals surface area contributed by atoms with Gasteiger partial charge in [-0.15, -0.1) is 0 Å². The fourth-order valence-electron chi connectivity index (χ4n) is 3.36. The molecule has 1 aromatic heterocycles. The lowest BCUT2D eigenvalue weighted by atomic mass is 10.0. The molecule has 1 fully saturated rings. The minimum atomic E-state index is -0.628. The van der Waals surface area contributed by atoms with Crippen molar-refractivity contribution in [1.29, 1.82) is 0 Å². The number of piperidine rings is 1. The molecule has 9 heteroatoms. The zero-order valence-electron chi connectivity index (χ0n) is 16.3. The summed E-state index contributed by atoms with van der Waals surface area (Å²) < 4.78 is 27.8. The van der Waals surface area contributed by atoms with E-state index in [2.05, 4.69) is 27.6 Å². The van der Waals surface area contributed by atoms with Crippen LogP contribution in [-0.2, 0) is 11.3 Å². The molecule has 1 aliphatic rings. The number of halogens is 2. The van der Waals surface area contributed by atoms with Crippen LogP contribution in [0.5, 0.6) is 0 Å². The van der Waals surface area contributed by atoms with Crippen LogP contribution in [0, 0.1) is 5.82 Å². The molecule has 0 bridgehead atoms. The number of alkyl halides is 1. The lowest BCUT2D eigenvalue weighted by Gasteiger charge is -2.32. The molecule has 2 aromatic rings. The molecule has 2 N–H and O–H groups in total. The Morgan fingerprint density at radius 2 is 2.10 bits per heavy atom. The molecule has 7 nitrogen and oxygen atoms in total. The highest BCUT2D eigenvalue weighted by Gasteiger charge is 2.21. The molecule has 3 rings (SSSR count). The number of benzene rings is 1. The first-order valence-electron chi connectivity index (χ1n) is 9.69. The van der Waals surface area contributed by atoms with Gasteiger partial charge in [0.05, 0.1) is 30.5 Å². The van der Waals surface area contributed by atoms with E-state index in [4.69, 9.17) is 0 Å². The molecular weight excluding hydrogens is 380 g/mol. The summed E-state index contributed by atoms with van der Waals surface area (Å²) in [5, 5.41) is 9.09. The number of hydrogen-bond donors (Lipinski definition) is 2. The summed E-state index contributed by atoms with van der Waals surface area (Å²) in [7, 11) is 0. The summed E-state index contributed by atoms with van der Waals surface area (Å²) >= 11 is 0. The van der Waals surface area contributed by atoms with Crippen LogP contribution in [0.25, 0.3) is 0 Å². The molecule has 0 saturated carbocycles. The second kappa shape index (κ2) is 9.60. The molecule has 1 saturated heterocycles. The zero-order chi connectivity index (χ0) is 20.8. The number of hydrogen-bond acceptors (Lipinski definition) is 4. The van der Waals surface area contributed by atoms with E-state index in [9.17, 15) is 18.4 Å². The Labute approximate surface area is 168 Å². The first-order valence-corrected chi connectivity index (χ1v) is 9.69. The predicted octanol–water partition coefficient (Wildman–Crippen LogP) is 3.06. The van der Waals surface area contributed by atoms with Crippen LogP contribution in [0.1, 0.15) is 36.5 Å². The Bertz CT molecular complexity index is 870. The number of nitrogens with zero attached hydrogens (tertiary/aromatic N) is 3. The largest absolute Gasteiger partial charge is 0.325 e. The van der Waals surface area contributed by atoms with Gasteiger partial charge < -0.3 is 10.6 Å². The minimum Gasteiger partial charge on any atom is -0.325 e. The number of anilines is 2. The van der Waals surface area contributed by atoms with Gasteiger partial charge in [0.2, 0.25) is 5.91 Å². The summed E-state index contributed by atoms with van der Waals surface area (Å²) in [5.74, 6) is -1.38. The highest BCUT2D eigenvalue weighted by atomic mass is 19.1. The Kier molecular flexibility index (Phi) is 6.92. The Balaban J connectivity index is 1.62. The van der Waals surface area contributed by atoms with Gasteiger partial charge in [0, 0.05) is 17.9 Å². The maximum atomic E-state index is 14.1. The summed E-state index contributed by atoms with van der Waals surface area (Å²) in [6, 6.07) is 4.36. The van der Waals surface area contributed by atoms with Crippen LogP contribution in [0.3, 0.4) is 0 Å². The van der Waals surface area contributed by atoms with E-state index in [1.807, 2.05) is 0 Å². The SMILES string of the molecule is CC1CCCCN1CC(=O)Nc1ccc(F)c(NC(=O)c2cnn(CCF)c2)c1. The number of likely N-dealkylation sites (tertiary alicyclic amines) is 1. The van der Waals surface area contributed by atoms with Crippen LogP contribution in [0.15, 0.2) is 30.6 Å². The standard InChI is InChI=1S/C20H25F2N5O2/c1-14-4-2-3-8-26(14)13-19(28)24-16-5-6-17(22)18(10-16)25-20(29)15-11-23-27(12-15)9-7-21/h5-6,10-12,14H,2-4,7-9,13H2,1H3,(H,24,28)(H,25,29). The van der Waals surface area contributed by atoms with Crippen LogP contribution in [0.4, 0.5) is 20.2 Å². The molecule has 0 spiro atoms. The molecule has 1 aromatic carbocycles. The maximum absolute atomic E-state index is 14.1. The van der Waals surface area contributed by atoms with Crippen molar-refractivity contribution in [3.05, 3.63) is 42.0 Å². The highest BCUT2D eigenvalue weighted by Crippen LogP contribution is 2.21. The molecule has 156 valence electrons. The normalized spacial score (nSPS) is 17.1. The number of nitrogens with one attached hydrogen (secondary N) is 2. The maximum Gasteiger partial charge on any atom is 0.258 e. The minimum absolute atomic E-state index is 0.0405. The van der Waals surface area contributed by atoms with Crippen molar-refractivity contribution in [3.63, 3.8) is 0 Å². The van der Waals surface area contributed by atoms with Gasteiger partial charge in [0.1, 0.15) is 12.5 Å². The van der Waals surface area contributed by atoms with Crippen molar-refractivity contribution in [2.24, 2.45) is 0 Å². The van der Waals surface area contributed by atoms with Gasteiger partial charge in [-0.2, -0.15) is 5.10 Å². The van der Waals surface area contributed by atoms with Gasteiger partial charge in [-0.1, -0.05) is 6.42 Å². The third-order valence-electron chi connectivity index (χ3n) is 4.99. The van der Waals surface area contributed by atoms with Gasteiger partial charge in [-0.25, -0.2) is 8.78 Å². The number of aromatic nitrogens is 2. The lowest BCUT2D eigenvalue weighted by molar-refractivity contribution is -0.118. The van der Waals surface area contributed by atoms with Gasteiger partial charge in [-0.05, 0) is 44.5 Å². The van der Waals surface area contributed by atoms with Crippen molar-refractivity contribution in [2.75, 3.05) is 30.4 Å². The monoisotopic (exact) mass is 405 g/mol. The lowest BCUT2D eigenvalue weighted by Crippen LogP contribution is -2.42. The molecule has 1 unspecified atom stereocenters. The van der Waals surface area contributed by atoms with E-state index in [-0.39, 0.29) is 30.2 Å². The average Bonchev–Trinajstić information content (AvgIpc) is 3.15.